The van der Waals surface area contributed by atoms with Gasteiger partial charge in [-0.1, -0.05) is 18.2 Å². The molecule has 30 heavy (non-hydrogen) atoms. The number of fused-ring (bicyclic) bond motifs is 1. The van der Waals surface area contributed by atoms with Crippen molar-refractivity contribution in [3.8, 4) is 17.2 Å². The zero-order valence-corrected chi connectivity index (χ0v) is 15.2. The molecule has 1 heterocycles. The number of halogens is 3. The molecular formula is C21H14F3N3O3. The van der Waals surface area contributed by atoms with Gasteiger partial charge in [0.25, 0.3) is 0 Å². The Morgan fingerprint density at radius 2 is 1.57 bits per heavy atom. The maximum absolute atomic E-state index is 12.2. The summed E-state index contributed by atoms with van der Waals surface area (Å²) >= 11 is 0. The molecule has 0 bridgehead atoms. The Balaban J connectivity index is 1.43. The van der Waals surface area contributed by atoms with Crippen molar-refractivity contribution >= 4 is 28.5 Å². The molecule has 4 rings (SSSR count). The highest BCUT2D eigenvalue weighted by molar-refractivity contribution is 6.00. The van der Waals surface area contributed by atoms with Gasteiger partial charge in [-0.3, -0.25) is 0 Å². The van der Waals surface area contributed by atoms with E-state index >= 15 is 0 Å². The smallest absolute Gasteiger partial charge is 0.436 e. The Labute approximate surface area is 168 Å². The third-order valence-corrected chi connectivity index (χ3v) is 4.01. The molecule has 0 unspecified atom stereocenters. The lowest BCUT2D eigenvalue weighted by Gasteiger charge is -2.10. The fourth-order valence-electron chi connectivity index (χ4n) is 2.74. The van der Waals surface area contributed by atoms with Crippen LogP contribution in [0.2, 0.25) is 0 Å². The Kier molecular flexibility index (Phi) is 5.01. The van der Waals surface area contributed by atoms with Gasteiger partial charge in [0, 0.05) is 23.0 Å². The quantitative estimate of drug-likeness (QED) is 0.428. The maximum Gasteiger partial charge on any atom is 0.573 e. The minimum atomic E-state index is -4.77. The fraction of sp³-hybridized carbons (Fsp3) is 0.0476. The maximum atomic E-state index is 12.2. The third-order valence-electron chi connectivity index (χ3n) is 4.01. The molecule has 2 amide bonds. The molecule has 0 atom stereocenters. The molecule has 9 heteroatoms. The molecule has 6 nitrogen and oxygen atoms in total. The number of amides is 2. The van der Waals surface area contributed by atoms with Crippen molar-refractivity contribution < 1.29 is 27.1 Å². The number of hydrogen-bond donors (Lipinski definition) is 2. The van der Waals surface area contributed by atoms with E-state index in [9.17, 15) is 18.0 Å². The number of carbonyl (C=O) groups excluding carboxylic acids is 1. The summed E-state index contributed by atoms with van der Waals surface area (Å²) in [7, 11) is 0. The Bertz CT molecular complexity index is 1170. The molecule has 0 aliphatic heterocycles. The second-order valence-corrected chi connectivity index (χ2v) is 6.22. The van der Waals surface area contributed by atoms with Crippen LogP contribution in [0.4, 0.5) is 29.3 Å². The van der Waals surface area contributed by atoms with Crippen molar-refractivity contribution in [2.24, 2.45) is 0 Å². The molecule has 3 aromatic carbocycles. The van der Waals surface area contributed by atoms with Gasteiger partial charge >= 0.3 is 12.4 Å². The van der Waals surface area contributed by atoms with Crippen LogP contribution in [0, 0.1) is 0 Å². The summed E-state index contributed by atoms with van der Waals surface area (Å²) in [5.41, 5.74) is 2.74. The minimum Gasteiger partial charge on any atom is -0.436 e. The molecule has 0 aliphatic carbocycles. The molecule has 0 saturated heterocycles. The first kappa shape index (κ1) is 19.3. The molecule has 152 valence electrons. The standard InChI is InChI=1S/C21H14F3N3O3/c22-21(23,24)30-16-9-6-14(7-10-16)25-20(28)26-15-8-11-17-18(12-15)29-19(27-17)13-4-2-1-3-5-13/h1-12H,(H2,25,26,28). The lowest BCUT2D eigenvalue weighted by atomic mass is 10.2. The van der Waals surface area contributed by atoms with Gasteiger partial charge in [0.2, 0.25) is 5.89 Å². The van der Waals surface area contributed by atoms with E-state index in [0.717, 1.165) is 17.7 Å². The Morgan fingerprint density at radius 3 is 2.27 bits per heavy atom. The van der Waals surface area contributed by atoms with Crippen LogP contribution in [0.15, 0.2) is 77.2 Å². The van der Waals surface area contributed by atoms with Crippen LogP contribution >= 0.6 is 0 Å². The predicted molar refractivity (Wildman–Crippen MR) is 105 cm³/mol. The monoisotopic (exact) mass is 413 g/mol. The van der Waals surface area contributed by atoms with Crippen molar-refractivity contribution in [2.45, 2.75) is 6.36 Å². The van der Waals surface area contributed by atoms with E-state index in [4.69, 9.17) is 4.42 Å². The lowest BCUT2D eigenvalue weighted by molar-refractivity contribution is -0.274. The average molecular weight is 413 g/mol. The normalized spacial score (nSPS) is 11.3. The molecule has 2 N–H and O–H groups in total. The highest BCUT2D eigenvalue weighted by atomic mass is 19.4. The number of alkyl halides is 3. The number of urea groups is 1. The number of carbonyl (C=O) groups is 1. The molecular weight excluding hydrogens is 399 g/mol. The SMILES string of the molecule is O=C(Nc1ccc(OC(F)(F)F)cc1)Nc1ccc2nc(-c3ccccc3)oc2c1. The second-order valence-electron chi connectivity index (χ2n) is 6.22. The van der Waals surface area contributed by atoms with Gasteiger partial charge in [-0.2, -0.15) is 0 Å². The van der Waals surface area contributed by atoms with Crippen molar-refractivity contribution in [1.29, 1.82) is 0 Å². The summed E-state index contributed by atoms with van der Waals surface area (Å²) in [4.78, 5) is 16.6. The first-order chi connectivity index (χ1) is 14.4. The van der Waals surface area contributed by atoms with Crippen molar-refractivity contribution in [2.75, 3.05) is 10.6 Å². The Hall–Kier alpha value is -4.01. The molecule has 1 aromatic heterocycles. The number of nitrogens with one attached hydrogen (secondary N) is 2. The van der Waals surface area contributed by atoms with Gasteiger partial charge in [0.1, 0.15) is 11.3 Å². The van der Waals surface area contributed by atoms with Crippen LogP contribution in [-0.4, -0.2) is 17.4 Å². The number of aromatic nitrogens is 1. The molecule has 0 radical (unpaired) electrons. The Morgan fingerprint density at radius 1 is 0.900 bits per heavy atom. The van der Waals surface area contributed by atoms with E-state index in [2.05, 4.69) is 20.4 Å². The average Bonchev–Trinajstić information content (AvgIpc) is 3.12. The number of benzene rings is 3. The number of oxazole rings is 1. The minimum absolute atomic E-state index is 0.300. The third kappa shape index (κ3) is 4.69. The first-order valence-electron chi connectivity index (χ1n) is 8.75. The second kappa shape index (κ2) is 7.78. The molecule has 0 aliphatic rings. The zero-order chi connectivity index (χ0) is 21.1. The summed E-state index contributed by atoms with van der Waals surface area (Å²) < 4.78 is 46.1. The van der Waals surface area contributed by atoms with Gasteiger partial charge in [-0.05, 0) is 48.5 Å². The number of nitrogens with zero attached hydrogens (tertiary/aromatic N) is 1. The van der Waals surface area contributed by atoms with Gasteiger partial charge in [0.15, 0.2) is 5.58 Å². The fourth-order valence-corrected chi connectivity index (χ4v) is 2.74. The number of ether oxygens (including phenoxy) is 1. The molecule has 0 spiro atoms. The van der Waals surface area contributed by atoms with Crippen molar-refractivity contribution in [3.05, 3.63) is 72.8 Å². The van der Waals surface area contributed by atoms with E-state index in [1.165, 1.54) is 12.1 Å². The zero-order valence-electron chi connectivity index (χ0n) is 15.2. The lowest BCUT2D eigenvalue weighted by Crippen LogP contribution is -2.19. The highest BCUT2D eigenvalue weighted by Gasteiger charge is 2.30. The predicted octanol–water partition coefficient (Wildman–Crippen LogP) is 6.04. The number of rotatable bonds is 4. The van der Waals surface area contributed by atoms with Crippen molar-refractivity contribution in [3.63, 3.8) is 0 Å². The van der Waals surface area contributed by atoms with E-state index in [1.807, 2.05) is 30.3 Å². The van der Waals surface area contributed by atoms with Gasteiger partial charge in [-0.15, -0.1) is 13.2 Å². The number of anilines is 2. The van der Waals surface area contributed by atoms with Gasteiger partial charge in [-0.25, -0.2) is 9.78 Å². The van der Waals surface area contributed by atoms with Crippen LogP contribution in [0.1, 0.15) is 0 Å². The molecule has 4 aromatic rings. The van der Waals surface area contributed by atoms with E-state index in [0.29, 0.717) is 28.4 Å². The molecule has 0 fully saturated rings. The largest absolute Gasteiger partial charge is 0.573 e. The summed E-state index contributed by atoms with van der Waals surface area (Å²) in [6, 6.07) is 18.7. The van der Waals surface area contributed by atoms with E-state index in [-0.39, 0.29) is 5.75 Å². The van der Waals surface area contributed by atoms with Crippen LogP contribution in [-0.2, 0) is 0 Å². The van der Waals surface area contributed by atoms with Gasteiger partial charge in [0.05, 0.1) is 0 Å². The summed E-state index contributed by atoms with van der Waals surface area (Å²) in [6.07, 6.45) is -4.77. The van der Waals surface area contributed by atoms with Crippen LogP contribution in [0.5, 0.6) is 5.75 Å². The first-order valence-corrected chi connectivity index (χ1v) is 8.75. The summed E-state index contributed by atoms with van der Waals surface area (Å²) in [6.45, 7) is 0. The highest BCUT2D eigenvalue weighted by Crippen LogP contribution is 2.27. The van der Waals surface area contributed by atoms with Crippen LogP contribution in [0.3, 0.4) is 0 Å². The summed E-state index contributed by atoms with van der Waals surface area (Å²) in [5, 5.41) is 5.16. The summed E-state index contributed by atoms with van der Waals surface area (Å²) in [5.74, 6) is 0.0896. The number of hydrogen-bond acceptors (Lipinski definition) is 4. The topological polar surface area (TPSA) is 76.4 Å². The molecule has 0 saturated carbocycles. The van der Waals surface area contributed by atoms with Gasteiger partial charge < -0.3 is 19.8 Å². The van der Waals surface area contributed by atoms with Crippen LogP contribution in [0.25, 0.3) is 22.6 Å². The van der Waals surface area contributed by atoms with Crippen molar-refractivity contribution in [1.82, 2.24) is 4.98 Å². The van der Waals surface area contributed by atoms with Crippen LogP contribution < -0.4 is 15.4 Å². The van der Waals surface area contributed by atoms with E-state index in [1.54, 1.807) is 18.2 Å². The van der Waals surface area contributed by atoms with E-state index < -0.39 is 12.4 Å².